The number of hydrogen-bond donors (Lipinski definition) is 1. The molecule has 0 bridgehead atoms. The highest BCUT2D eigenvalue weighted by molar-refractivity contribution is 14.1. The largest absolute Gasteiger partial charge is 0.454 e. The molecule has 1 aliphatic rings. The van der Waals surface area contributed by atoms with Crippen molar-refractivity contribution in [3.63, 3.8) is 0 Å². The first kappa shape index (κ1) is 15.3. The standard InChI is InChI=1S/C15H11IN2O3S/c1-22(20)8-12(19)15-11(5-17)13(2-3-14(15)22)21-10-4-9(16)6-18-7-10/h2-4,6-7,12,19H,1,8H2. The van der Waals surface area contributed by atoms with Crippen molar-refractivity contribution in [3.05, 3.63) is 45.3 Å². The van der Waals surface area contributed by atoms with Gasteiger partial charge in [-0.05, 0) is 56.2 Å². The van der Waals surface area contributed by atoms with Crippen molar-refractivity contribution in [1.29, 1.82) is 5.26 Å². The third kappa shape index (κ3) is 2.58. The van der Waals surface area contributed by atoms with Gasteiger partial charge in [-0.25, -0.2) is 0 Å². The van der Waals surface area contributed by atoms with Crippen LogP contribution in [0.15, 0.2) is 35.5 Å². The lowest BCUT2D eigenvalue weighted by Gasteiger charge is -2.12. The van der Waals surface area contributed by atoms with Crippen LogP contribution in [0.25, 0.3) is 0 Å². The maximum atomic E-state index is 12.4. The molecular weight excluding hydrogens is 415 g/mol. The number of nitrogens with zero attached hydrogens (tertiary/aromatic N) is 2. The second-order valence-corrected chi connectivity index (χ2v) is 8.54. The monoisotopic (exact) mass is 426 g/mol. The Hall–Kier alpha value is -1.63. The van der Waals surface area contributed by atoms with Crippen LogP contribution < -0.4 is 4.74 Å². The molecule has 1 N–H and O–H groups in total. The van der Waals surface area contributed by atoms with Crippen LogP contribution in [0.4, 0.5) is 0 Å². The van der Waals surface area contributed by atoms with Crippen LogP contribution in [0.5, 0.6) is 11.5 Å². The van der Waals surface area contributed by atoms with E-state index in [0.717, 1.165) is 3.57 Å². The summed E-state index contributed by atoms with van der Waals surface area (Å²) in [5, 5.41) is 19.6. The fourth-order valence-electron chi connectivity index (χ4n) is 2.44. The van der Waals surface area contributed by atoms with E-state index in [2.05, 4.69) is 33.4 Å². The zero-order valence-electron chi connectivity index (χ0n) is 11.3. The number of aliphatic hydroxyl groups excluding tert-OH is 1. The average Bonchev–Trinajstić information content (AvgIpc) is 2.68. The third-order valence-corrected chi connectivity index (χ3v) is 5.95. The summed E-state index contributed by atoms with van der Waals surface area (Å²) in [4.78, 5) is 4.46. The molecule has 0 saturated heterocycles. The summed E-state index contributed by atoms with van der Waals surface area (Å²) in [6.45, 7) is 0. The summed E-state index contributed by atoms with van der Waals surface area (Å²) >= 11 is 2.11. The smallest absolute Gasteiger partial charge is 0.146 e. The van der Waals surface area contributed by atoms with Gasteiger partial charge in [-0.2, -0.15) is 5.26 Å². The Morgan fingerprint density at radius 1 is 1.50 bits per heavy atom. The van der Waals surface area contributed by atoms with Crippen molar-refractivity contribution < 1.29 is 14.1 Å². The van der Waals surface area contributed by atoms with Crippen LogP contribution >= 0.6 is 22.6 Å². The van der Waals surface area contributed by atoms with Gasteiger partial charge in [-0.15, -0.1) is 0 Å². The lowest BCUT2D eigenvalue weighted by Crippen LogP contribution is -2.02. The summed E-state index contributed by atoms with van der Waals surface area (Å²) in [5.41, 5.74) is 0.552. The van der Waals surface area contributed by atoms with Gasteiger partial charge in [-0.3, -0.25) is 9.19 Å². The highest BCUT2D eigenvalue weighted by Gasteiger charge is 2.33. The summed E-state index contributed by atoms with van der Waals surface area (Å²) in [5.74, 6) is 4.50. The molecule has 1 aromatic heterocycles. The van der Waals surface area contributed by atoms with Gasteiger partial charge in [0.1, 0.15) is 23.1 Å². The highest BCUT2D eigenvalue weighted by atomic mass is 127. The number of ether oxygens (including phenoxy) is 1. The van der Waals surface area contributed by atoms with E-state index in [4.69, 9.17) is 4.74 Å². The van der Waals surface area contributed by atoms with Crippen LogP contribution in [0.1, 0.15) is 17.2 Å². The van der Waals surface area contributed by atoms with Gasteiger partial charge in [0.05, 0.1) is 18.1 Å². The van der Waals surface area contributed by atoms with Crippen molar-refractivity contribution in [3.8, 4) is 17.6 Å². The Kier molecular flexibility index (Phi) is 3.84. The molecule has 0 aliphatic carbocycles. The maximum Gasteiger partial charge on any atom is 0.146 e. The molecule has 1 aliphatic heterocycles. The van der Waals surface area contributed by atoms with Crippen molar-refractivity contribution in [2.24, 2.45) is 0 Å². The average molecular weight is 426 g/mol. The molecule has 112 valence electrons. The van der Waals surface area contributed by atoms with Crippen molar-refractivity contribution in [2.75, 3.05) is 5.75 Å². The summed E-state index contributed by atoms with van der Waals surface area (Å²) < 4.78 is 19.0. The summed E-state index contributed by atoms with van der Waals surface area (Å²) in [6.07, 6.45) is 2.26. The Morgan fingerprint density at radius 2 is 2.27 bits per heavy atom. The van der Waals surface area contributed by atoms with E-state index in [-0.39, 0.29) is 11.3 Å². The molecule has 3 rings (SSSR count). The summed E-state index contributed by atoms with van der Waals surface area (Å²) in [6, 6.07) is 7.01. The van der Waals surface area contributed by atoms with Gasteiger partial charge in [-0.1, -0.05) is 0 Å². The molecule has 1 aromatic carbocycles. The molecule has 2 atom stereocenters. The van der Waals surface area contributed by atoms with Crippen LogP contribution in [-0.2, 0) is 9.52 Å². The van der Waals surface area contributed by atoms with Crippen LogP contribution in [0.3, 0.4) is 0 Å². The number of fused-ring (bicyclic) bond motifs is 1. The lowest BCUT2D eigenvalue weighted by atomic mass is 10.0. The minimum Gasteiger partial charge on any atom is -0.454 e. The van der Waals surface area contributed by atoms with Gasteiger partial charge >= 0.3 is 0 Å². The SMILES string of the molecule is C=S1(=O)CC(O)c2c1ccc(Oc1cncc(I)c1)c2C#N. The molecule has 0 radical (unpaired) electrons. The Balaban J connectivity index is 2.12. The number of rotatable bonds is 2. The molecule has 7 heteroatoms. The number of benzene rings is 1. The lowest BCUT2D eigenvalue weighted by molar-refractivity contribution is 0.204. The van der Waals surface area contributed by atoms with E-state index < -0.39 is 15.6 Å². The van der Waals surface area contributed by atoms with E-state index in [1.165, 1.54) is 6.20 Å². The number of aromatic nitrogens is 1. The molecule has 2 unspecified atom stereocenters. The molecule has 5 nitrogen and oxygen atoms in total. The van der Waals surface area contributed by atoms with E-state index in [1.54, 1.807) is 24.4 Å². The number of aliphatic hydroxyl groups is 1. The fraction of sp³-hybridized carbons (Fsp3) is 0.133. The minimum atomic E-state index is -2.55. The third-order valence-electron chi connectivity index (χ3n) is 3.35. The van der Waals surface area contributed by atoms with Crippen LogP contribution in [-0.4, -0.2) is 25.9 Å². The molecular formula is C15H11IN2O3S. The van der Waals surface area contributed by atoms with Crippen molar-refractivity contribution in [1.82, 2.24) is 4.98 Å². The van der Waals surface area contributed by atoms with E-state index in [0.29, 0.717) is 22.0 Å². The Labute approximate surface area is 141 Å². The Bertz CT molecular complexity index is 903. The molecule has 0 amide bonds. The number of halogens is 1. The normalized spacial score (nSPS) is 22.9. The predicted molar refractivity (Wildman–Crippen MR) is 91.5 cm³/mol. The van der Waals surface area contributed by atoms with Gasteiger partial charge < -0.3 is 9.84 Å². The van der Waals surface area contributed by atoms with Crippen molar-refractivity contribution >= 4 is 38.0 Å². The molecule has 0 spiro atoms. The number of pyridine rings is 1. The molecule has 0 fully saturated rings. The fourth-order valence-corrected chi connectivity index (χ4v) is 4.72. The van der Waals surface area contributed by atoms with Gasteiger partial charge in [0.25, 0.3) is 0 Å². The first-order valence-electron chi connectivity index (χ1n) is 6.31. The maximum absolute atomic E-state index is 12.4. The summed E-state index contributed by atoms with van der Waals surface area (Å²) in [7, 11) is -2.55. The topological polar surface area (TPSA) is 83.2 Å². The quantitative estimate of drug-likeness (QED) is 0.590. The van der Waals surface area contributed by atoms with E-state index in [1.807, 2.05) is 6.07 Å². The molecule has 2 aromatic rings. The second-order valence-electron chi connectivity index (χ2n) is 4.90. The zero-order chi connectivity index (χ0) is 15.9. The van der Waals surface area contributed by atoms with E-state index in [9.17, 15) is 14.6 Å². The highest BCUT2D eigenvalue weighted by Crippen LogP contribution is 2.40. The van der Waals surface area contributed by atoms with Crippen LogP contribution in [0.2, 0.25) is 0 Å². The second kappa shape index (κ2) is 5.53. The van der Waals surface area contributed by atoms with Gasteiger partial charge in [0, 0.05) is 20.2 Å². The minimum absolute atomic E-state index is 0.0330. The predicted octanol–water partition coefficient (Wildman–Crippen LogP) is 2.47. The van der Waals surface area contributed by atoms with Gasteiger partial charge in [0.15, 0.2) is 0 Å². The Morgan fingerprint density at radius 3 is 2.95 bits per heavy atom. The van der Waals surface area contributed by atoms with Gasteiger partial charge in [0.2, 0.25) is 0 Å². The molecule has 0 saturated carbocycles. The first-order chi connectivity index (χ1) is 10.4. The van der Waals surface area contributed by atoms with Crippen LogP contribution in [0, 0.1) is 14.9 Å². The number of hydrogen-bond acceptors (Lipinski definition) is 5. The van der Waals surface area contributed by atoms with E-state index >= 15 is 0 Å². The molecule has 22 heavy (non-hydrogen) atoms. The first-order valence-corrected chi connectivity index (χ1v) is 9.28. The zero-order valence-corrected chi connectivity index (χ0v) is 14.3. The number of nitriles is 1. The molecule has 2 heterocycles. The van der Waals surface area contributed by atoms with Crippen molar-refractivity contribution in [2.45, 2.75) is 11.0 Å².